The number of nitrogens with zero attached hydrogens (tertiary/aromatic N) is 2. The zero-order valence-electron chi connectivity index (χ0n) is 21.1. The zero-order valence-corrected chi connectivity index (χ0v) is 21.1. The van der Waals surface area contributed by atoms with Crippen LogP contribution in [0, 0.1) is 5.41 Å². The largest absolute Gasteiger partial charge is 0.496 e. The fraction of sp³-hybridized carbons (Fsp3) is 0.333. The number of carbonyl (C=O) groups excluding carboxylic acids is 2. The zero-order chi connectivity index (χ0) is 25.4. The summed E-state index contributed by atoms with van der Waals surface area (Å²) in [4.78, 5) is 30.5. The van der Waals surface area contributed by atoms with Crippen molar-refractivity contribution >= 4 is 11.8 Å². The standard InChI is InChI=1S/C30H34N2O4/c1-31(21-24-12-5-3-6-13-24)28(33)20-30(23-36-25-14-7-4-8-15-25)18-11-19-32(22-30)29(34)26-16-9-10-17-27(26)35-2/h3-10,12-17H,11,18-23H2,1-2H3. The van der Waals surface area contributed by atoms with E-state index in [1.807, 2.05) is 84.7 Å². The normalized spacial score (nSPS) is 17.3. The summed E-state index contributed by atoms with van der Waals surface area (Å²) in [6.45, 7) is 1.98. The summed E-state index contributed by atoms with van der Waals surface area (Å²) in [5, 5.41) is 0. The van der Waals surface area contributed by atoms with Crippen LogP contribution in [0.4, 0.5) is 0 Å². The van der Waals surface area contributed by atoms with Gasteiger partial charge in [-0.05, 0) is 42.7 Å². The van der Waals surface area contributed by atoms with Crippen molar-refractivity contribution in [2.24, 2.45) is 5.41 Å². The average Bonchev–Trinajstić information content (AvgIpc) is 2.92. The number of para-hydroxylation sites is 2. The predicted molar refractivity (Wildman–Crippen MR) is 140 cm³/mol. The first-order valence-corrected chi connectivity index (χ1v) is 12.4. The van der Waals surface area contributed by atoms with Gasteiger partial charge in [0.15, 0.2) is 0 Å². The summed E-state index contributed by atoms with van der Waals surface area (Å²) in [7, 11) is 3.41. The van der Waals surface area contributed by atoms with E-state index < -0.39 is 5.41 Å². The Morgan fingerprint density at radius 2 is 1.61 bits per heavy atom. The summed E-state index contributed by atoms with van der Waals surface area (Å²) in [5.74, 6) is 1.27. The number of rotatable bonds is 9. The molecule has 1 aliphatic heterocycles. The highest BCUT2D eigenvalue weighted by Crippen LogP contribution is 2.36. The van der Waals surface area contributed by atoms with Crippen LogP contribution in [0.3, 0.4) is 0 Å². The minimum Gasteiger partial charge on any atom is -0.496 e. The highest BCUT2D eigenvalue weighted by Gasteiger charge is 2.41. The van der Waals surface area contributed by atoms with Gasteiger partial charge in [0.25, 0.3) is 5.91 Å². The van der Waals surface area contributed by atoms with E-state index in [1.165, 1.54) is 0 Å². The molecule has 0 bridgehead atoms. The molecule has 1 aliphatic rings. The number of likely N-dealkylation sites (tertiary alicyclic amines) is 1. The molecule has 1 fully saturated rings. The molecule has 6 heteroatoms. The Morgan fingerprint density at radius 3 is 2.33 bits per heavy atom. The van der Waals surface area contributed by atoms with Crippen LogP contribution in [0.1, 0.15) is 35.2 Å². The Morgan fingerprint density at radius 1 is 0.944 bits per heavy atom. The molecule has 3 aromatic rings. The van der Waals surface area contributed by atoms with Gasteiger partial charge in [0.1, 0.15) is 11.5 Å². The number of hydrogen-bond donors (Lipinski definition) is 0. The average molecular weight is 487 g/mol. The maximum absolute atomic E-state index is 13.5. The van der Waals surface area contributed by atoms with Crippen molar-refractivity contribution in [1.82, 2.24) is 9.80 Å². The maximum atomic E-state index is 13.5. The van der Waals surface area contributed by atoms with Crippen molar-refractivity contribution < 1.29 is 19.1 Å². The third-order valence-electron chi connectivity index (χ3n) is 6.79. The number of methoxy groups -OCH3 is 1. The Hall–Kier alpha value is -3.80. The van der Waals surface area contributed by atoms with Gasteiger partial charge in [-0.25, -0.2) is 0 Å². The minimum atomic E-state index is -0.492. The molecular weight excluding hydrogens is 452 g/mol. The molecule has 1 saturated heterocycles. The van der Waals surface area contributed by atoms with Crippen LogP contribution in [0.5, 0.6) is 11.5 Å². The molecule has 0 saturated carbocycles. The number of piperidine rings is 1. The lowest BCUT2D eigenvalue weighted by atomic mass is 9.77. The molecule has 0 aliphatic carbocycles. The van der Waals surface area contributed by atoms with Gasteiger partial charge in [-0.3, -0.25) is 9.59 Å². The molecule has 1 unspecified atom stereocenters. The molecule has 0 spiro atoms. The van der Waals surface area contributed by atoms with E-state index in [-0.39, 0.29) is 11.8 Å². The molecule has 36 heavy (non-hydrogen) atoms. The van der Waals surface area contributed by atoms with Crippen molar-refractivity contribution in [3.63, 3.8) is 0 Å². The predicted octanol–water partition coefficient (Wildman–Crippen LogP) is 5.05. The number of amides is 2. The summed E-state index contributed by atoms with van der Waals surface area (Å²) >= 11 is 0. The minimum absolute atomic E-state index is 0.0436. The second-order valence-corrected chi connectivity index (χ2v) is 9.54. The van der Waals surface area contributed by atoms with E-state index in [4.69, 9.17) is 9.47 Å². The van der Waals surface area contributed by atoms with Gasteiger partial charge in [-0.2, -0.15) is 0 Å². The van der Waals surface area contributed by atoms with Crippen LogP contribution in [0.25, 0.3) is 0 Å². The van der Waals surface area contributed by atoms with Crippen LogP contribution < -0.4 is 9.47 Å². The monoisotopic (exact) mass is 486 g/mol. The summed E-state index contributed by atoms with van der Waals surface area (Å²) in [5.41, 5.74) is 1.13. The number of ether oxygens (including phenoxy) is 2. The highest BCUT2D eigenvalue weighted by molar-refractivity contribution is 5.97. The molecule has 1 heterocycles. The highest BCUT2D eigenvalue weighted by atomic mass is 16.5. The number of carbonyl (C=O) groups is 2. The second kappa shape index (κ2) is 11.8. The Kier molecular flexibility index (Phi) is 8.26. The summed E-state index contributed by atoms with van der Waals surface area (Å²) in [6.07, 6.45) is 1.91. The Balaban J connectivity index is 1.54. The third-order valence-corrected chi connectivity index (χ3v) is 6.79. The molecule has 2 amide bonds. The van der Waals surface area contributed by atoms with Crippen molar-refractivity contribution in [3.8, 4) is 11.5 Å². The van der Waals surface area contributed by atoms with Crippen LogP contribution in [-0.2, 0) is 11.3 Å². The molecular formula is C30H34N2O4. The van der Waals surface area contributed by atoms with Crippen molar-refractivity contribution in [3.05, 3.63) is 96.1 Å². The first-order chi connectivity index (χ1) is 17.5. The SMILES string of the molecule is COc1ccccc1C(=O)N1CCCC(COc2ccccc2)(CC(=O)N(C)Cc2ccccc2)C1. The number of benzene rings is 3. The van der Waals surface area contributed by atoms with Gasteiger partial charge in [-0.1, -0.05) is 60.7 Å². The molecule has 0 N–H and O–H groups in total. The van der Waals surface area contributed by atoms with E-state index in [0.29, 0.717) is 44.0 Å². The van der Waals surface area contributed by atoms with Crippen molar-refractivity contribution in [2.45, 2.75) is 25.8 Å². The first-order valence-electron chi connectivity index (χ1n) is 12.4. The van der Waals surface area contributed by atoms with Gasteiger partial charge in [0.05, 0.1) is 19.3 Å². The molecule has 3 aromatic carbocycles. The van der Waals surface area contributed by atoms with Gasteiger partial charge >= 0.3 is 0 Å². The fourth-order valence-electron chi connectivity index (χ4n) is 4.84. The molecule has 1 atom stereocenters. The molecule has 188 valence electrons. The summed E-state index contributed by atoms with van der Waals surface area (Å²) < 4.78 is 11.6. The molecule has 4 rings (SSSR count). The first kappa shape index (κ1) is 25.3. The van der Waals surface area contributed by atoms with Crippen LogP contribution >= 0.6 is 0 Å². The van der Waals surface area contributed by atoms with Crippen molar-refractivity contribution in [2.75, 3.05) is 33.9 Å². The number of hydrogen-bond acceptors (Lipinski definition) is 4. The lowest BCUT2D eigenvalue weighted by Gasteiger charge is -2.43. The van der Waals surface area contributed by atoms with Crippen LogP contribution in [0.2, 0.25) is 0 Å². The quantitative estimate of drug-likeness (QED) is 0.425. The van der Waals surface area contributed by atoms with E-state index >= 15 is 0 Å². The van der Waals surface area contributed by atoms with Gasteiger partial charge in [0.2, 0.25) is 5.91 Å². The fourth-order valence-corrected chi connectivity index (χ4v) is 4.84. The van der Waals surface area contributed by atoms with E-state index in [2.05, 4.69) is 0 Å². The van der Waals surface area contributed by atoms with Crippen molar-refractivity contribution in [1.29, 1.82) is 0 Å². The van der Waals surface area contributed by atoms with E-state index in [9.17, 15) is 9.59 Å². The van der Waals surface area contributed by atoms with Crippen LogP contribution in [0.15, 0.2) is 84.9 Å². The van der Waals surface area contributed by atoms with Gasteiger partial charge in [-0.15, -0.1) is 0 Å². The molecule has 0 radical (unpaired) electrons. The summed E-state index contributed by atoms with van der Waals surface area (Å²) in [6, 6.07) is 26.9. The second-order valence-electron chi connectivity index (χ2n) is 9.54. The lowest BCUT2D eigenvalue weighted by molar-refractivity contribution is -0.134. The molecule has 0 aromatic heterocycles. The Labute approximate surface area is 213 Å². The van der Waals surface area contributed by atoms with Gasteiger partial charge in [0, 0.05) is 38.5 Å². The smallest absolute Gasteiger partial charge is 0.257 e. The lowest BCUT2D eigenvalue weighted by Crippen LogP contribution is -2.50. The maximum Gasteiger partial charge on any atom is 0.257 e. The van der Waals surface area contributed by atoms with E-state index in [1.54, 1.807) is 24.1 Å². The topological polar surface area (TPSA) is 59.1 Å². The molecule has 6 nitrogen and oxygen atoms in total. The Bertz CT molecular complexity index is 1150. The third kappa shape index (κ3) is 6.25. The van der Waals surface area contributed by atoms with Crippen LogP contribution in [-0.4, -0.2) is 55.5 Å². The van der Waals surface area contributed by atoms with Gasteiger partial charge < -0.3 is 19.3 Å². The van der Waals surface area contributed by atoms with E-state index in [0.717, 1.165) is 24.2 Å².